The van der Waals surface area contributed by atoms with Crippen LogP contribution >= 0.6 is 23.2 Å². The van der Waals surface area contributed by atoms with E-state index in [2.05, 4.69) is 15.6 Å². The van der Waals surface area contributed by atoms with Gasteiger partial charge in [0.05, 0.1) is 11.2 Å². The number of nitrogens with zero attached hydrogens (tertiary/aromatic N) is 1. The molecule has 0 saturated carbocycles. The molecular weight excluding hydrogens is 321 g/mol. The van der Waals surface area contributed by atoms with E-state index in [1.807, 2.05) is 24.3 Å². The molecule has 0 aliphatic rings. The van der Waals surface area contributed by atoms with Crippen LogP contribution in [0.25, 0.3) is 10.9 Å². The molecule has 110 valence electrons. The number of carbonyl (C=O) groups excluding carboxylic acids is 1. The summed E-state index contributed by atoms with van der Waals surface area (Å²) in [4.78, 5) is 16.4. The van der Waals surface area contributed by atoms with E-state index >= 15 is 0 Å². The highest BCUT2D eigenvalue weighted by Crippen LogP contribution is 2.24. The Bertz CT molecular complexity index is 826. The lowest BCUT2D eigenvalue weighted by Crippen LogP contribution is -2.19. The van der Waals surface area contributed by atoms with Crippen LogP contribution in [0.4, 0.5) is 16.2 Å². The maximum Gasteiger partial charge on any atom is 0.323 e. The number of fused-ring (bicyclic) bond motifs is 1. The summed E-state index contributed by atoms with van der Waals surface area (Å²) in [5.74, 6) is 0. The Labute approximate surface area is 137 Å². The first-order valence-electron chi connectivity index (χ1n) is 6.50. The Balaban J connectivity index is 1.81. The van der Waals surface area contributed by atoms with Gasteiger partial charge in [-0.25, -0.2) is 4.79 Å². The van der Waals surface area contributed by atoms with Gasteiger partial charge < -0.3 is 10.6 Å². The first-order valence-corrected chi connectivity index (χ1v) is 7.25. The summed E-state index contributed by atoms with van der Waals surface area (Å²) in [5, 5.41) is 7.32. The minimum atomic E-state index is -0.392. The SMILES string of the molecule is O=C(Nc1cc(Cl)cc(Cl)c1)Nc1cccc2cccnc12. The molecule has 22 heavy (non-hydrogen) atoms. The van der Waals surface area contributed by atoms with Gasteiger partial charge in [0.15, 0.2) is 0 Å². The maximum absolute atomic E-state index is 12.1. The molecule has 4 nitrogen and oxygen atoms in total. The van der Waals surface area contributed by atoms with E-state index in [9.17, 15) is 4.79 Å². The molecule has 3 rings (SSSR count). The van der Waals surface area contributed by atoms with Crippen molar-refractivity contribution in [1.82, 2.24) is 4.98 Å². The summed E-state index contributed by atoms with van der Waals surface area (Å²) in [6, 6.07) is 13.8. The van der Waals surface area contributed by atoms with E-state index in [1.54, 1.807) is 30.5 Å². The molecular formula is C16H11Cl2N3O. The van der Waals surface area contributed by atoms with Crippen molar-refractivity contribution in [1.29, 1.82) is 0 Å². The standard InChI is InChI=1S/C16H11Cl2N3O/c17-11-7-12(18)9-13(8-11)20-16(22)21-14-5-1-3-10-4-2-6-19-15(10)14/h1-9H,(H2,20,21,22). The number of anilines is 2. The number of para-hydroxylation sites is 1. The Morgan fingerprint density at radius 2 is 1.68 bits per heavy atom. The molecule has 0 spiro atoms. The Morgan fingerprint density at radius 3 is 2.45 bits per heavy atom. The van der Waals surface area contributed by atoms with Crippen LogP contribution in [0.15, 0.2) is 54.7 Å². The predicted octanol–water partition coefficient (Wildman–Crippen LogP) is 5.19. The number of hydrogen-bond donors (Lipinski definition) is 2. The lowest BCUT2D eigenvalue weighted by Gasteiger charge is -2.10. The van der Waals surface area contributed by atoms with E-state index in [4.69, 9.17) is 23.2 Å². The van der Waals surface area contributed by atoms with Crippen molar-refractivity contribution in [2.45, 2.75) is 0 Å². The molecule has 0 atom stereocenters. The van der Waals surface area contributed by atoms with E-state index in [0.29, 0.717) is 21.4 Å². The van der Waals surface area contributed by atoms with Crippen molar-refractivity contribution < 1.29 is 4.79 Å². The number of hydrogen-bond acceptors (Lipinski definition) is 2. The summed E-state index contributed by atoms with van der Waals surface area (Å²) in [5.41, 5.74) is 1.87. The van der Waals surface area contributed by atoms with Gasteiger partial charge in [0.2, 0.25) is 0 Å². The van der Waals surface area contributed by atoms with Crippen LogP contribution in [0.2, 0.25) is 10.0 Å². The zero-order valence-corrected chi connectivity index (χ0v) is 12.8. The van der Waals surface area contributed by atoms with Crippen molar-refractivity contribution in [2.24, 2.45) is 0 Å². The highest BCUT2D eigenvalue weighted by atomic mass is 35.5. The van der Waals surface area contributed by atoms with Gasteiger partial charge in [-0.05, 0) is 30.3 Å². The van der Waals surface area contributed by atoms with Crippen LogP contribution in [0.3, 0.4) is 0 Å². The molecule has 0 aliphatic carbocycles. The second kappa shape index (κ2) is 6.22. The van der Waals surface area contributed by atoms with Crippen LogP contribution in [0.1, 0.15) is 0 Å². The quantitative estimate of drug-likeness (QED) is 0.679. The topological polar surface area (TPSA) is 54.0 Å². The van der Waals surface area contributed by atoms with Gasteiger partial charge in [-0.2, -0.15) is 0 Å². The van der Waals surface area contributed by atoms with Gasteiger partial charge in [-0.15, -0.1) is 0 Å². The first kappa shape index (κ1) is 14.6. The molecule has 0 saturated heterocycles. The fraction of sp³-hybridized carbons (Fsp3) is 0. The third kappa shape index (κ3) is 3.30. The average Bonchev–Trinajstić information content (AvgIpc) is 2.46. The second-order valence-electron chi connectivity index (χ2n) is 4.62. The smallest absolute Gasteiger partial charge is 0.308 e. The number of amides is 2. The van der Waals surface area contributed by atoms with Crippen molar-refractivity contribution in [3.05, 3.63) is 64.8 Å². The predicted molar refractivity (Wildman–Crippen MR) is 90.8 cm³/mol. The van der Waals surface area contributed by atoms with Crippen molar-refractivity contribution in [3.8, 4) is 0 Å². The van der Waals surface area contributed by atoms with E-state index in [1.165, 1.54) is 0 Å². The monoisotopic (exact) mass is 331 g/mol. The summed E-state index contributed by atoms with van der Waals surface area (Å²) in [6.07, 6.45) is 1.68. The van der Waals surface area contributed by atoms with Crippen LogP contribution in [0, 0.1) is 0 Å². The Hall–Kier alpha value is -2.30. The number of urea groups is 1. The normalized spacial score (nSPS) is 10.5. The van der Waals surface area contributed by atoms with Crippen molar-refractivity contribution in [2.75, 3.05) is 10.6 Å². The fourth-order valence-electron chi connectivity index (χ4n) is 2.12. The molecule has 0 unspecified atom stereocenters. The van der Waals surface area contributed by atoms with Gasteiger partial charge in [0.1, 0.15) is 0 Å². The molecule has 2 N–H and O–H groups in total. The van der Waals surface area contributed by atoms with Gasteiger partial charge in [0.25, 0.3) is 0 Å². The third-order valence-electron chi connectivity index (χ3n) is 3.00. The number of carbonyl (C=O) groups is 1. The van der Waals surface area contributed by atoms with E-state index < -0.39 is 6.03 Å². The number of nitrogens with one attached hydrogen (secondary N) is 2. The second-order valence-corrected chi connectivity index (χ2v) is 5.49. The molecule has 3 aromatic rings. The van der Waals surface area contributed by atoms with E-state index in [-0.39, 0.29) is 0 Å². The lowest BCUT2D eigenvalue weighted by molar-refractivity contribution is 0.262. The Morgan fingerprint density at radius 1 is 0.955 bits per heavy atom. The van der Waals surface area contributed by atoms with Gasteiger partial charge in [-0.3, -0.25) is 4.98 Å². The van der Waals surface area contributed by atoms with Crippen molar-refractivity contribution in [3.63, 3.8) is 0 Å². The van der Waals surface area contributed by atoms with Crippen LogP contribution in [0.5, 0.6) is 0 Å². The number of benzene rings is 2. The molecule has 1 heterocycles. The molecule has 0 aliphatic heterocycles. The van der Waals surface area contributed by atoms with Gasteiger partial charge in [-0.1, -0.05) is 41.4 Å². The molecule has 6 heteroatoms. The highest BCUT2D eigenvalue weighted by molar-refractivity contribution is 6.35. The number of aromatic nitrogens is 1. The molecule has 0 radical (unpaired) electrons. The molecule has 0 fully saturated rings. The summed E-state index contributed by atoms with van der Waals surface area (Å²) in [7, 11) is 0. The third-order valence-corrected chi connectivity index (χ3v) is 3.44. The van der Waals surface area contributed by atoms with Crippen LogP contribution in [-0.2, 0) is 0 Å². The largest absolute Gasteiger partial charge is 0.323 e. The zero-order chi connectivity index (χ0) is 15.5. The summed E-state index contributed by atoms with van der Waals surface area (Å²) >= 11 is 11.8. The van der Waals surface area contributed by atoms with Crippen molar-refractivity contribution >= 4 is 51.5 Å². The van der Waals surface area contributed by atoms with Crippen LogP contribution < -0.4 is 10.6 Å². The van der Waals surface area contributed by atoms with Gasteiger partial charge in [0, 0.05) is 27.3 Å². The Kier molecular flexibility index (Phi) is 4.13. The van der Waals surface area contributed by atoms with E-state index in [0.717, 1.165) is 10.9 Å². The lowest BCUT2D eigenvalue weighted by atomic mass is 10.2. The average molecular weight is 332 g/mol. The molecule has 0 bridgehead atoms. The maximum atomic E-state index is 12.1. The fourth-order valence-corrected chi connectivity index (χ4v) is 2.64. The number of halogens is 2. The minimum Gasteiger partial charge on any atom is -0.308 e. The molecule has 2 amide bonds. The first-order chi connectivity index (χ1) is 10.6. The number of pyridine rings is 1. The van der Waals surface area contributed by atoms with Gasteiger partial charge >= 0.3 is 6.03 Å². The van der Waals surface area contributed by atoms with Crippen LogP contribution in [-0.4, -0.2) is 11.0 Å². The molecule has 2 aromatic carbocycles. The summed E-state index contributed by atoms with van der Waals surface area (Å²) in [6.45, 7) is 0. The minimum absolute atomic E-state index is 0.392. The highest BCUT2D eigenvalue weighted by Gasteiger charge is 2.07. The zero-order valence-electron chi connectivity index (χ0n) is 11.3. The number of rotatable bonds is 2. The molecule has 1 aromatic heterocycles. The summed E-state index contributed by atoms with van der Waals surface area (Å²) < 4.78 is 0.